The van der Waals surface area contributed by atoms with Crippen LogP contribution in [0.4, 0.5) is 0 Å². The minimum Gasteiger partial charge on any atom is -0.452 e. The number of carbonyl (C=O) groups excluding carboxylic acids is 2. The van der Waals surface area contributed by atoms with Crippen LogP contribution in [0.1, 0.15) is 23.7 Å². The minimum atomic E-state index is -3.54. The summed E-state index contributed by atoms with van der Waals surface area (Å²) >= 11 is 5.88. The highest BCUT2D eigenvalue weighted by molar-refractivity contribution is 7.91. The van der Waals surface area contributed by atoms with Gasteiger partial charge in [-0.1, -0.05) is 11.6 Å². The van der Waals surface area contributed by atoms with E-state index in [-0.39, 0.29) is 33.4 Å². The first-order valence-electron chi connectivity index (χ1n) is 7.50. The van der Waals surface area contributed by atoms with Gasteiger partial charge in [0.15, 0.2) is 26.3 Å². The Kier molecular flexibility index (Phi) is 5.69. The normalized spacial score (nSPS) is 22.0. The first-order chi connectivity index (χ1) is 11.8. The van der Waals surface area contributed by atoms with Gasteiger partial charge in [0.25, 0.3) is 5.91 Å². The Hall–Kier alpha value is -1.65. The predicted molar refractivity (Wildman–Crippen MR) is 94.7 cm³/mol. The van der Waals surface area contributed by atoms with Crippen molar-refractivity contribution >= 4 is 43.2 Å². The van der Waals surface area contributed by atoms with E-state index < -0.39 is 43.7 Å². The Morgan fingerprint density at radius 2 is 2.00 bits per heavy atom. The van der Waals surface area contributed by atoms with Crippen molar-refractivity contribution in [3.63, 3.8) is 0 Å². The third kappa shape index (κ3) is 5.18. The Bertz CT molecular complexity index is 956. The van der Waals surface area contributed by atoms with Crippen molar-refractivity contribution in [1.29, 1.82) is 0 Å². The van der Waals surface area contributed by atoms with Gasteiger partial charge in [0.1, 0.15) is 0 Å². The van der Waals surface area contributed by atoms with Gasteiger partial charge in [-0.3, -0.25) is 4.79 Å². The van der Waals surface area contributed by atoms with E-state index in [1.807, 2.05) is 0 Å². The van der Waals surface area contributed by atoms with E-state index in [1.165, 1.54) is 12.1 Å². The first kappa shape index (κ1) is 20.7. The summed E-state index contributed by atoms with van der Waals surface area (Å²) in [4.78, 5) is 23.9. The van der Waals surface area contributed by atoms with Crippen LogP contribution in [-0.2, 0) is 29.2 Å². The third-order valence-electron chi connectivity index (χ3n) is 3.86. The van der Waals surface area contributed by atoms with Crippen LogP contribution in [0.3, 0.4) is 0 Å². The quantitative estimate of drug-likeness (QED) is 0.687. The van der Waals surface area contributed by atoms with Gasteiger partial charge in [0.2, 0.25) is 0 Å². The van der Waals surface area contributed by atoms with E-state index in [1.54, 1.807) is 6.92 Å². The van der Waals surface area contributed by atoms with Gasteiger partial charge in [-0.25, -0.2) is 21.6 Å². The Balaban J connectivity index is 2.02. The second-order valence-electron chi connectivity index (χ2n) is 6.44. The molecule has 0 saturated carbocycles. The zero-order valence-corrected chi connectivity index (χ0v) is 16.5. The van der Waals surface area contributed by atoms with E-state index in [0.29, 0.717) is 0 Å². The zero-order valence-electron chi connectivity index (χ0n) is 14.1. The summed E-state index contributed by atoms with van der Waals surface area (Å²) in [6.07, 6.45) is 1.26. The van der Waals surface area contributed by atoms with Crippen molar-refractivity contribution in [2.75, 3.05) is 24.4 Å². The van der Waals surface area contributed by atoms with Crippen LogP contribution in [0.25, 0.3) is 0 Å². The molecule has 0 radical (unpaired) electrons. The molecule has 1 heterocycles. The monoisotopic (exact) mass is 423 g/mol. The molecule has 1 unspecified atom stereocenters. The van der Waals surface area contributed by atoms with E-state index in [0.717, 1.165) is 12.3 Å². The topological polar surface area (TPSA) is 124 Å². The number of ether oxygens (including phenoxy) is 1. The van der Waals surface area contributed by atoms with E-state index in [2.05, 4.69) is 5.32 Å². The Morgan fingerprint density at radius 1 is 1.35 bits per heavy atom. The third-order valence-corrected chi connectivity index (χ3v) is 7.21. The summed E-state index contributed by atoms with van der Waals surface area (Å²) in [6, 6.07) is 3.57. The van der Waals surface area contributed by atoms with Crippen LogP contribution in [0, 0.1) is 0 Å². The second kappa shape index (κ2) is 7.16. The molecular formula is C15H18ClNO7S2. The first-order valence-corrected chi connectivity index (χ1v) is 11.6. The van der Waals surface area contributed by atoms with Crippen LogP contribution in [0.5, 0.6) is 0 Å². The maximum atomic E-state index is 12.1. The van der Waals surface area contributed by atoms with Crippen molar-refractivity contribution in [2.24, 2.45) is 0 Å². The fourth-order valence-electron chi connectivity index (χ4n) is 2.58. The number of sulfone groups is 2. The summed E-state index contributed by atoms with van der Waals surface area (Å²) in [6.45, 7) is 0.956. The summed E-state index contributed by atoms with van der Waals surface area (Å²) in [7, 11) is -6.74. The van der Waals surface area contributed by atoms with Gasteiger partial charge < -0.3 is 10.1 Å². The number of hydrogen-bond acceptors (Lipinski definition) is 7. The summed E-state index contributed by atoms with van der Waals surface area (Å²) in [5, 5.41) is 2.53. The molecule has 0 aliphatic carbocycles. The fourth-order valence-corrected chi connectivity index (χ4v) is 5.52. The molecule has 0 aromatic heterocycles. The van der Waals surface area contributed by atoms with Crippen molar-refractivity contribution in [3.8, 4) is 0 Å². The van der Waals surface area contributed by atoms with E-state index in [4.69, 9.17) is 16.3 Å². The SMILES string of the molecule is CC1(NC(=O)COC(=O)c2cc(S(C)(=O)=O)ccc2Cl)CCS(=O)(=O)C1. The number of nitrogens with one attached hydrogen (secondary N) is 1. The van der Waals surface area contributed by atoms with Crippen molar-refractivity contribution in [2.45, 2.75) is 23.8 Å². The molecule has 1 fully saturated rings. The smallest absolute Gasteiger partial charge is 0.340 e. The van der Waals surface area contributed by atoms with Gasteiger partial charge in [0, 0.05) is 6.26 Å². The Labute approximate surface area is 156 Å². The molecule has 2 rings (SSSR count). The second-order valence-corrected chi connectivity index (χ2v) is 11.0. The predicted octanol–water partition coefficient (Wildman–Crippen LogP) is 0.594. The molecule has 26 heavy (non-hydrogen) atoms. The molecule has 1 aromatic rings. The molecule has 1 atom stereocenters. The van der Waals surface area contributed by atoms with Crippen LogP contribution in [-0.4, -0.2) is 58.6 Å². The van der Waals surface area contributed by atoms with Gasteiger partial charge >= 0.3 is 5.97 Å². The number of amides is 1. The summed E-state index contributed by atoms with van der Waals surface area (Å²) in [5.41, 5.74) is -1.09. The lowest BCUT2D eigenvalue weighted by Gasteiger charge is -2.23. The highest BCUT2D eigenvalue weighted by atomic mass is 35.5. The molecular weight excluding hydrogens is 406 g/mol. The Morgan fingerprint density at radius 3 is 2.54 bits per heavy atom. The van der Waals surface area contributed by atoms with Gasteiger partial charge in [0.05, 0.1) is 32.5 Å². The number of benzene rings is 1. The molecule has 1 N–H and O–H groups in total. The molecule has 144 valence electrons. The van der Waals surface area contributed by atoms with Crippen LogP contribution >= 0.6 is 11.6 Å². The summed E-state index contributed by atoms with van der Waals surface area (Å²) < 4.78 is 51.0. The molecule has 1 saturated heterocycles. The standard InChI is InChI=1S/C15H18ClNO7S2/c1-15(5-6-26(22,23)9-15)17-13(18)8-24-14(19)11-7-10(25(2,20)21)3-4-12(11)16/h3-4,7H,5-6,8-9H2,1-2H3,(H,17,18). The lowest BCUT2D eigenvalue weighted by molar-refractivity contribution is -0.125. The van der Waals surface area contributed by atoms with Gasteiger partial charge in [-0.05, 0) is 31.5 Å². The molecule has 0 spiro atoms. The van der Waals surface area contributed by atoms with Crippen molar-refractivity contribution in [1.82, 2.24) is 5.32 Å². The zero-order chi connectivity index (χ0) is 19.8. The largest absolute Gasteiger partial charge is 0.452 e. The average Bonchev–Trinajstić information content (AvgIpc) is 2.77. The van der Waals surface area contributed by atoms with Crippen LogP contribution in [0.2, 0.25) is 5.02 Å². The molecule has 11 heteroatoms. The highest BCUT2D eigenvalue weighted by Gasteiger charge is 2.39. The molecule has 1 aromatic carbocycles. The molecule has 1 amide bonds. The maximum Gasteiger partial charge on any atom is 0.340 e. The maximum absolute atomic E-state index is 12.1. The summed E-state index contributed by atoms with van der Waals surface area (Å²) in [5.74, 6) is -1.81. The number of hydrogen-bond donors (Lipinski definition) is 1. The number of esters is 1. The number of halogens is 1. The highest BCUT2D eigenvalue weighted by Crippen LogP contribution is 2.23. The number of rotatable bonds is 5. The molecule has 1 aliphatic rings. The van der Waals surface area contributed by atoms with Gasteiger partial charge in [-0.2, -0.15) is 0 Å². The van der Waals surface area contributed by atoms with Crippen molar-refractivity contribution < 1.29 is 31.2 Å². The fraction of sp³-hybridized carbons (Fsp3) is 0.467. The molecule has 8 nitrogen and oxygen atoms in total. The molecule has 0 bridgehead atoms. The van der Waals surface area contributed by atoms with E-state index >= 15 is 0 Å². The van der Waals surface area contributed by atoms with Crippen molar-refractivity contribution in [3.05, 3.63) is 28.8 Å². The van der Waals surface area contributed by atoms with E-state index in [9.17, 15) is 26.4 Å². The average molecular weight is 424 g/mol. The minimum absolute atomic E-state index is 0.0164. The van der Waals surface area contributed by atoms with Gasteiger partial charge in [-0.15, -0.1) is 0 Å². The molecule has 1 aliphatic heterocycles. The van der Waals surface area contributed by atoms with Crippen LogP contribution in [0.15, 0.2) is 23.1 Å². The van der Waals surface area contributed by atoms with Crippen LogP contribution < -0.4 is 5.32 Å². The lowest BCUT2D eigenvalue weighted by atomic mass is 10.0. The lowest BCUT2D eigenvalue weighted by Crippen LogP contribution is -2.48. The number of carbonyl (C=O) groups is 2.